The van der Waals surface area contributed by atoms with Crippen LogP contribution in [0.5, 0.6) is 0 Å². The molecule has 0 aromatic carbocycles. The first-order chi connectivity index (χ1) is 13.0. The molecule has 0 spiro atoms. The lowest BCUT2D eigenvalue weighted by molar-refractivity contribution is 0.0529. The number of hydrogen-bond donors (Lipinski definition) is 2. The summed E-state index contributed by atoms with van der Waals surface area (Å²) in [5, 5.41) is 7.09. The van der Waals surface area contributed by atoms with Crippen molar-refractivity contribution in [2.75, 3.05) is 31.6 Å². The zero-order chi connectivity index (χ0) is 19.2. The van der Waals surface area contributed by atoms with Gasteiger partial charge in [-0.05, 0) is 55.7 Å². The van der Waals surface area contributed by atoms with Crippen LogP contribution in [0.3, 0.4) is 0 Å². The number of halogens is 1. The van der Waals surface area contributed by atoms with Crippen molar-refractivity contribution in [1.82, 2.24) is 15.6 Å². The van der Waals surface area contributed by atoms with E-state index in [4.69, 9.17) is 4.74 Å². The van der Waals surface area contributed by atoms with Crippen LogP contribution in [0, 0.1) is 11.8 Å². The summed E-state index contributed by atoms with van der Waals surface area (Å²) in [6.07, 6.45) is 5.93. The molecule has 1 aliphatic heterocycles. The molecule has 0 radical (unpaired) electrons. The van der Waals surface area contributed by atoms with Crippen LogP contribution in [0.2, 0.25) is 0 Å². The van der Waals surface area contributed by atoms with Crippen molar-refractivity contribution in [1.29, 1.82) is 0 Å². The Hall–Kier alpha value is -1.09. The van der Waals surface area contributed by atoms with Crippen LogP contribution >= 0.6 is 24.0 Å². The summed E-state index contributed by atoms with van der Waals surface area (Å²) in [5.41, 5.74) is 1.22. The van der Waals surface area contributed by atoms with Crippen molar-refractivity contribution in [3.05, 3.63) is 23.9 Å². The van der Waals surface area contributed by atoms with E-state index in [2.05, 4.69) is 58.4 Å². The van der Waals surface area contributed by atoms with Gasteiger partial charge in [0.15, 0.2) is 5.96 Å². The molecule has 3 unspecified atom stereocenters. The van der Waals surface area contributed by atoms with Crippen molar-refractivity contribution in [3.8, 4) is 0 Å². The molecule has 158 valence electrons. The number of anilines is 1. The molecule has 1 aromatic rings. The number of guanidine groups is 1. The van der Waals surface area contributed by atoms with Crippen LogP contribution in [0.25, 0.3) is 0 Å². The summed E-state index contributed by atoms with van der Waals surface area (Å²) in [6, 6.07) is 4.75. The molecule has 7 heteroatoms. The van der Waals surface area contributed by atoms with Gasteiger partial charge in [0.25, 0.3) is 0 Å². The number of pyridine rings is 1. The number of nitrogens with zero attached hydrogens (tertiary/aromatic N) is 3. The number of rotatable bonds is 4. The molecule has 3 atom stereocenters. The number of ether oxygens (including phenoxy) is 1. The SMILES string of the molecule is CN=C(NCc1ccnc(N2CCOC(C)C2)c1)NC1CC(C)CC(C)C1.I. The quantitative estimate of drug-likeness (QED) is 0.376. The Bertz CT molecular complexity index is 631. The van der Waals surface area contributed by atoms with Gasteiger partial charge >= 0.3 is 0 Å². The standard InChI is InChI=1S/C21H35N5O.HI/c1-15-9-16(2)11-19(10-15)25-21(22-4)24-13-18-5-6-23-20(12-18)26-7-8-27-17(3)14-26;/h5-6,12,15-17,19H,7-11,13-14H2,1-4H3,(H2,22,24,25);1H. The van der Waals surface area contributed by atoms with Crippen LogP contribution in [-0.2, 0) is 11.3 Å². The van der Waals surface area contributed by atoms with E-state index in [1.807, 2.05) is 13.2 Å². The lowest BCUT2D eigenvalue weighted by atomic mass is 9.80. The van der Waals surface area contributed by atoms with Crippen LogP contribution in [0.15, 0.2) is 23.3 Å². The summed E-state index contributed by atoms with van der Waals surface area (Å²) in [7, 11) is 1.85. The molecular formula is C21H36IN5O. The Kier molecular flexibility index (Phi) is 9.27. The lowest BCUT2D eigenvalue weighted by Gasteiger charge is -2.33. The predicted octanol–water partition coefficient (Wildman–Crippen LogP) is 3.41. The highest BCUT2D eigenvalue weighted by molar-refractivity contribution is 14.0. The van der Waals surface area contributed by atoms with Crippen molar-refractivity contribution < 1.29 is 4.74 Å². The van der Waals surface area contributed by atoms with Crippen LogP contribution in [0.4, 0.5) is 5.82 Å². The molecule has 0 bridgehead atoms. The average molecular weight is 501 g/mol. The molecule has 0 amide bonds. The van der Waals surface area contributed by atoms with Crippen LogP contribution in [-0.4, -0.2) is 49.8 Å². The van der Waals surface area contributed by atoms with Gasteiger partial charge in [-0.2, -0.15) is 0 Å². The minimum atomic E-state index is 0. The second-order valence-electron chi connectivity index (χ2n) is 8.33. The summed E-state index contributed by atoms with van der Waals surface area (Å²) in [6.45, 7) is 10.1. The fraction of sp³-hybridized carbons (Fsp3) is 0.714. The smallest absolute Gasteiger partial charge is 0.191 e. The Labute approximate surface area is 186 Å². The highest BCUT2D eigenvalue weighted by atomic mass is 127. The second-order valence-corrected chi connectivity index (χ2v) is 8.33. The minimum absolute atomic E-state index is 0. The van der Waals surface area contributed by atoms with Gasteiger partial charge in [0.1, 0.15) is 5.82 Å². The van der Waals surface area contributed by atoms with Gasteiger partial charge in [0.2, 0.25) is 0 Å². The summed E-state index contributed by atoms with van der Waals surface area (Å²) >= 11 is 0. The first kappa shape index (κ1) is 23.2. The Morgan fingerprint density at radius 1 is 1.25 bits per heavy atom. The molecule has 28 heavy (non-hydrogen) atoms. The maximum Gasteiger partial charge on any atom is 0.191 e. The van der Waals surface area contributed by atoms with E-state index in [0.29, 0.717) is 6.04 Å². The van der Waals surface area contributed by atoms with E-state index in [0.717, 1.165) is 49.9 Å². The monoisotopic (exact) mass is 501 g/mol. The number of aliphatic imine (C=N–C) groups is 1. The minimum Gasteiger partial charge on any atom is -0.375 e. The lowest BCUT2D eigenvalue weighted by Crippen LogP contribution is -2.46. The van der Waals surface area contributed by atoms with Gasteiger partial charge in [0, 0.05) is 38.9 Å². The molecular weight excluding hydrogens is 465 g/mol. The van der Waals surface area contributed by atoms with Crippen molar-refractivity contribution in [2.45, 2.75) is 58.7 Å². The van der Waals surface area contributed by atoms with Gasteiger partial charge in [0.05, 0.1) is 12.7 Å². The molecule has 1 aliphatic carbocycles. The van der Waals surface area contributed by atoms with E-state index in [-0.39, 0.29) is 30.1 Å². The number of aromatic nitrogens is 1. The van der Waals surface area contributed by atoms with Crippen molar-refractivity contribution >= 4 is 35.8 Å². The highest BCUT2D eigenvalue weighted by Gasteiger charge is 2.24. The number of hydrogen-bond acceptors (Lipinski definition) is 4. The first-order valence-electron chi connectivity index (χ1n) is 10.3. The molecule has 2 aliphatic rings. The largest absolute Gasteiger partial charge is 0.375 e. The van der Waals surface area contributed by atoms with Crippen molar-refractivity contribution in [3.63, 3.8) is 0 Å². The summed E-state index contributed by atoms with van der Waals surface area (Å²) in [4.78, 5) is 11.3. The Morgan fingerprint density at radius 2 is 2.00 bits per heavy atom. The Balaban J connectivity index is 0.00000280. The normalized spacial score (nSPS) is 28.4. The first-order valence-corrected chi connectivity index (χ1v) is 10.3. The zero-order valence-electron chi connectivity index (χ0n) is 17.6. The van der Waals surface area contributed by atoms with E-state index in [1.165, 1.54) is 24.8 Å². The van der Waals surface area contributed by atoms with Gasteiger partial charge in [-0.15, -0.1) is 24.0 Å². The molecule has 2 heterocycles. The Morgan fingerprint density at radius 3 is 2.68 bits per heavy atom. The van der Waals surface area contributed by atoms with Gasteiger partial charge in [-0.3, -0.25) is 4.99 Å². The van der Waals surface area contributed by atoms with E-state index in [1.54, 1.807) is 0 Å². The van der Waals surface area contributed by atoms with E-state index < -0.39 is 0 Å². The van der Waals surface area contributed by atoms with Gasteiger partial charge < -0.3 is 20.3 Å². The maximum absolute atomic E-state index is 5.63. The van der Waals surface area contributed by atoms with Crippen LogP contribution in [0.1, 0.15) is 45.6 Å². The molecule has 1 saturated carbocycles. The second kappa shape index (κ2) is 11.2. The molecule has 6 nitrogen and oxygen atoms in total. The fourth-order valence-electron chi connectivity index (χ4n) is 4.41. The highest BCUT2D eigenvalue weighted by Crippen LogP contribution is 2.28. The third-order valence-corrected chi connectivity index (χ3v) is 5.58. The summed E-state index contributed by atoms with van der Waals surface area (Å²) in [5.74, 6) is 3.48. The molecule has 2 N–H and O–H groups in total. The third-order valence-electron chi connectivity index (χ3n) is 5.58. The molecule has 1 saturated heterocycles. The van der Waals surface area contributed by atoms with Gasteiger partial charge in [-0.25, -0.2) is 4.98 Å². The molecule has 1 aromatic heterocycles. The number of nitrogens with one attached hydrogen (secondary N) is 2. The third kappa shape index (κ3) is 6.76. The molecule has 2 fully saturated rings. The molecule has 3 rings (SSSR count). The van der Waals surface area contributed by atoms with Crippen molar-refractivity contribution in [2.24, 2.45) is 16.8 Å². The zero-order valence-corrected chi connectivity index (χ0v) is 20.0. The predicted molar refractivity (Wildman–Crippen MR) is 127 cm³/mol. The average Bonchev–Trinajstić information content (AvgIpc) is 2.64. The maximum atomic E-state index is 5.63. The topological polar surface area (TPSA) is 61.8 Å². The van der Waals surface area contributed by atoms with E-state index >= 15 is 0 Å². The fourth-order valence-corrected chi connectivity index (χ4v) is 4.41. The summed E-state index contributed by atoms with van der Waals surface area (Å²) < 4.78 is 5.63. The van der Waals surface area contributed by atoms with E-state index in [9.17, 15) is 0 Å². The van der Waals surface area contributed by atoms with Gasteiger partial charge in [-0.1, -0.05) is 13.8 Å². The van der Waals surface area contributed by atoms with Crippen LogP contribution < -0.4 is 15.5 Å². The number of morpholine rings is 1.